The molecule has 0 spiro atoms. The highest BCUT2D eigenvalue weighted by Crippen LogP contribution is 2.34. The molecular formula is C24H24N2O4. The molecule has 0 amide bonds. The molecule has 2 heterocycles. The van der Waals surface area contributed by atoms with Crippen LogP contribution in [0.1, 0.15) is 50.2 Å². The first-order valence-corrected chi connectivity index (χ1v) is 9.94. The normalized spacial score (nSPS) is 11.2. The molecule has 0 aliphatic heterocycles. The van der Waals surface area contributed by atoms with Crippen molar-refractivity contribution in [3.8, 4) is 0 Å². The van der Waals surface area contributed by atoms with E-state index in [2.05, 4.69) is 9.97 Å². The average molecular weight is 404 g/mol. The van der Waals surface area contributed by atoms with Crippen LogP contribution in [-0.4, -0.2) is 28.5 Å². The third-order valence-electron chi connectivity index (χ3n) is 5.51. The lowest BCUT2D eigenvalue weighted by Gasteiger charge is -2.04. The third kappa shape index (κ3) is 3.24. The number of H-pyrrole nitrogens is 2. The van der Waals surface area contributed by atoms with E-state index in [9.17, 15) is 9.59 Å². The molecular weight excluding hydrogens is 380 g/mol. The molecule has 6 heteroatoms. The van der Waals surface area contributed by atoms with E-state index in [1.54, 1.807) is 6.92 Å². The van der Waals surface area contributed by atoms with Gasteiger partial charge in [0.15, 0.2) is 0 Å². The molecule has 0 unspecified atom stereocenters. The summed E-state index contributed by atoms with van der Waals surface area (Å²) in [6.45, 7) is 8.10. The first-order chi connectivity index (χ1) is 14.4. The van der Waals surface area contributed by atoms with Gasteiger partial charge in [0, 0.05) is 16.3 Å². The lowest BCUT2D eigenvalue weighted by Crippen LogP contribution is -2.07. The van der Waals surface area contributed by atoms with Crippen LogP contribution in [0.15, 0.2) is 36.4 Å². The molecule has 2 aromatic heterocycles. The van der Waals surface area contributed by atoms with Gasteiger partial charge < -0.3 is 19.4 Å². The number of aryl methyl sites for hydroxylation is 3. The van der Waals surface area contributed by atoms with Crippen LogP contribution in [0, 0.1) is 20.8 Å². The maximum absolute atomic E-state index is 12.7. The van der Waals surface area contributed by atoms with Crippen molar-refractivity contribution in [3.63, 3.8) is 0 Å². The second-order valence-electron chi connectivity index (χ2n) is 7.38. The summed E-state index contributed by atoms with van der Waals surface area (Å²) >= 11 is 0. The number of ether oxygens (including phenoxy) is 2. The summed E-state index contributed by atoms with van der Waals surface area (Å²) in [6.07, 6.45) is 0. The Kier molecular flexibility index (Phi) is 5.08. The van der Waals surface area contributed by atoms with Crippen LogP contribution in [-0.2, 0) is 16.1 Å². The summed E-state index contributed by atoms with van der Waals surface area (Å²) in [4.78, 5) is 31.4. The van der Waals surface area contributed by atoms with E-state index in [-0.39, 0.29) is 18.5 Å². The molecule has 0 fully saturated rings. The smallest absolute Gasteiger partial charge is 0.355 e. The average Bonchev–Trinajstić information content (AvgIpc) is 3.25. The number of aromatic nitrogens is 2. The molecule has 0 saturated heterocycles. The Labute approximate surface area is 174 Å². The fourth-order valence-corrected chi connectivity index (χ4v) is 3.97. The number of fused-ring (bicyclic) bond motifs is 2. The second kappa shape index (κ2) is 7.71. The fourth-order valence-electron chi connectivity index (χ4n) is 3.97. The van der Waals surface area contributed by atoms with E-state index < -0.39 is 0 Å². The summed E-state index contributed by atoms with van der Waals surface area (Å²) in [5.41, 5.74) is 6.17. The minimum absolute atomic E-state index is 0.219. The van der Waals surface area contributed by atoms with Crippen LogP contribution < -0.4 is 0 Å². The number of benzene rings is 2. The largest absolute Gasteiger partial charge is 0.461 e. The van der Waals surface area contributed by atoms with Crippen molar-refractivity contribution in [2.45, 2.75) is 34.3 Å². The quantitative estimate of drug-likeness (QED) is 0.453. The van der Waals surface area contributed by atoms with Crippen LogP contribution in [0.4, 0.5) is 0 Å². The van der Waals surface area contributed by atoms with Crippen molar-refractivity contribution in [2.24, 2.45) is 0 Å². The van der Waals surface area contributed by atoms with Gasteiger partial charge in [-0.2, -0.15) is 0 Å². The van der Waals surface area contributed by atoms with E-state index in [4.69, 9.17) is 9.47 Å². The molecule has 2 N–H and O–H groups in total. The van der Waals surface area contributed by atoms with Crippen LogP contribution in [0.2, 0.25) is 0 Å². The molecule has 0 radical (unpaired) electrons. The van der Waals surface area contributed by atoms with Gasteiger partial charge in [-0.05, 0) is 56.0 Å². The summed E-state index contributed by atoms with van der Waals surface area (Å²) in [5, 5.41) is 1.87. The Balaban J connectivity index is 1.73. The van der Waals surface area contributed by atoms with Gasteiger partial charge in [0.05, 0.1) is 12.1 Å². The van der Waals surface area contributed by atoms with E-state index in [0.717, 1.165) is 44.1 Å². The van der Waals surface area contributed by atoms with Crippen molar-refractivity contribution >= 4 is 33.7 Å². The number of nitrogens with one attached hydrogen (secondary N) is 2. The zero-order valence-corrected chi connectivity index (χ0v) is 17.5. The molecule has 0 aliphatic rings. The van der Waals surface area contributed by atoms with Gasteiger partial charge in [0.2, 0.25) is 0 Å². The maximum atomic E-state index is 12.7. The molecule has 30 heavy (non-hydrogen) atoms. The minimum Gasteiger partial charge on any atom is -0.461 e. The van der Waals surface area contributed by atoms with Crippen LogP contribution >= 0.6 is 0 Å². The van der Waals surface area contributed by atoms with Crippen molar-refractivity contribution < 1.29 is 19.1 Å². The predicted octanol–water partition coefficient (Wildman–Crippen LogP) is 5.11. The van der Waals surface area contributed by atoms with Gasteiger partial charge in [0.25, 0.3) is 0 Å². The van der Waals surface area contributed by atoms with Crippen molar-refractivity contribution in [1.82, 2.24) is 9.97 Å². The van der Waals surface area contributed by atoms with Crippen LogP contribution in [0.3, 0.4) is 0 Å². The second-order valence-corrected chi connectivity index (χ2v) is 7.38. The molecule has 154 valence electrons. The summed E-state index contributed by atoms with van der Waals surface area (Å²) in [5.74, 6) is -0.754. The number of carbonyl (C=O) groups excluding carboxylic acids is 2. The molecule has 4 rings (SSSR count). The molecule has 2 aromatic carbocycles. The highest BCUT2D eigenvalue weighted by Gasteiger charge is 2.22. The first-order valence-electron chi connectivity index (χ1n) is 9.94. The van der Waals surface area contributed by atoms with Gasteiger partial charge in [-0.15, -0.1) is 0 Å². The maximum Gasteiger partial charge on any atom is 0.355 e. The number of rotatable bonds is 5. The number of hydrogen-bond acceptors (Lipinski definition) is 4. The number of esters is 2. The Bertz CT molecular complexity index is 1270. The zero-order chi connectivity index (χ0) is 21.4. The van der Waals surface area contributed by atoms with Gasteiger partial charge in [-0.1, -0.05) is 30.3 Å². The third-order valence-corrected chi connectivity index (χ3v) is 5.51. The highest BCUT2D eigenvalue weighted by atomic mass is 16.5. The van der Waals surface area contributed by atoms with Crippen LogP contribution in [0.5, 0.6) is 0 Å². The molecule has 0 bridgehead atoms. The molecule has 0 aliphatic carbocycles. The van der Waals surface area contributed by atoms with Crippen molar-refractivity contribution in [1.29, 1.82) is 0 Å². The number of hydrogen-bond donors (Lipinski definition) is 2. The minimum atomic E-state index is -0.389. The lowest BCUT2D eigenvalue weighted by atomic mass is 10.0. The Hall–Kier alpha value is -3.54. The van der Waals surface area contributed by atoms with Gasteiger partial charge in [-0.3, -0.25) is 0 Å². The molecule has 0 saturated carbocycles. The van der Waals surface area contributed by atoms with Gasteiger partial charge in [-0.25, -0.2) is 9.59 Å². The van der Waals surface area contributed by atoms with E-state index in [1.165, 1.54) is 0 Å². The van der Waals surface area contributed by atoms with E-state index in [0.29, 0.717) is 18.0 Å². The lowest BCUT2D eigenvalue weighted by molar-refractivity contribution is 0.0464. The summed E-state index contributed by atoms with van der Waals surface area (Å²) < 4.78 is 10.7. The Morgan fingerprint density at radius 1 is 0.867 bits per heavy atom. The number of aromatic amines is 2. The summed E-state index contributed by atoms with van der Waals surface area (Å²) in [6, 6.07) is 11.6. The molecule has 6 nitrogen and oxygen atoms in total. The Morgan fingerprint density at radius 2 is 1.53 bits per heavy atom. The molecule has 0 atom stereocenters. The van der Waals surface area contributed by atoms with Gasteiger partial charge >= 0.3 is 11.9 Å². The summed E-state index contributed by atoms with van der Waals surface area (Å²) in [7, 11) is 0. The monoisotopic (exact) mass is 404 g/mol. The number of carbonyl (C=O) groups is 2. The van der Waals surface area contributed by atoms with Crippen molar-refractivity contribution in [3.05, 3.63) is 70.0 Å². The van der Waals surface area contributed by atoms with E-state index in [1.807, 2.05) is 57.2 Å². The van der Waals surface area contributed by atoms with Crippen molar-refractivity contribution in [2.75, 3.05) is 6.61 Å². The molecule has 4 aromatic rings. The van der Waals surface area contributed by atoms with Gasteiger partial charge in [0.1, 0.15) is 18.0 Å². The van der Waals surface area contributed by atoms with Crippen LogP contribution in [0.25, 0.3) is 21.8 Å². The SMILES string of the molecule is CCOC(=O)c1[nH]c2c(C)c3c(C)c(C(=O)OCc4ccccc4)[nH]c3cc2c1C. The first kappa shape index (κ1) is 19.8. The zero-order valence-electron chi connectivity index (χ0n) is 17.5. The fraction of sp³-hybridized carbons (Fsp3) is 0.250. The standard InChI is InChI=1S/C24H24N2O4/c1-5-29-23(27)21-13(2)17-11-18-19(14(3)20(17)26-21)15(4)22(25-18)24(28)30-12-16-9-7-6-8-10-16/h6-11,25-26H,5,12H2,1-4H3. The topological polar surface area (TPSA) is 84.2 Å². The highest BCUT2D eigenvalue weighted by molar-refractivity contribution is 6.08. The predicted molar refractivity (Wildman–Crippen MR) is 116 cm³/mol. The Morgan fingerprint density at radius 3 is 2.23 bits per heavy atom. The van der Waals surface area contributed by atoms with E-state index >= 15 is 0 Å².